The fourth-order valence-electron chi connectivity index (χ4n) is 3.35. The molecular weight excluding hydrogens is 308 g/mol. The van der Waals surface area contributed by atoms with Gasteiger partial charge in [0.2, 0.25) is 0 Å². The predicted molar refractivity (Wildman–Crippen MR) is 107 cm³/mol. The van der Waals surface area contributed by atoms with Gasteiger partial charge in [0.15, 0.2) is 0 Å². The zero-order chi connectivity index (χ0) is 18.2. The van der Waals surface area contributed by atoms with Crippen LogP contribution in [0.1, 0.15) is 113 Å². The van der Waals surface area contributed by atoms with E-state index < -0.39 is 0 Å². The van der Waals surface area contributed by atoms with Crippen LogP contribution >= 0.6 is 0 Å². The summed E-state index contributed by atoms with van der Waals surface area (Å²) in [5.74, 6) is -0.367. The number of nitrogens with zero attached hydrogens (tertiary/aromatic N) is 1. The van der Waals surface area contributed by atoms with Gasteiger partial charge in [-0.15, -0.1) is 0 Å². The first kappa shape index (κ1) is 21.7. The third-order valence-electron chi connectivity index (χ3n) is 4.92. The standard InChI is InChI=1S/C22H38N2O/c1-2-3-4-5-6-7-8-9-10-11-12-13-14-15-18-21-20(22(23)25)17-16-19-24-21/h16-17,19H,2-15,18H2,1H3,(H2,23,25). The Labute approximate surface area is 154 Å². The van der Waals surface area contributed by atoms with E-state index in [1.165, 1.54) is 83.5 Å². The molecule has 3 nitrogen and oxygen atoms in total. The maximum Gasteiger partial charge on any atom is 0.250 e. The number of carbonyl (C=O) groups excluding carboxylic acids is 1. The number of pyridine rings is 1. The Morgan fingerprint density at radius 3 is 1.80 bits per heavy atom. The molecule has 0 saturated heterocycles. The van der Waals surface area contributed by atoms with Gasteiger partial charge in [-0.25, -0.2) is 0 Å². The van der Waals surface area contributed by atoms with E-state index in [2.05, 4.69) is 11.9 Å². The number of nitrogens with two attached hydrogens (primary N) is 1. The Morgan fingerprint density at radius 1 is 0.840 bits per heavy atom. The Bertz CT molecular complexity index is 459. The van der Waals surface area contributed by atoms with Gasteiger partial charge in [0, 0.05) is 6.20 Å². The maximum atomic E-state index is 11.4. The molecule has 3 heteroatoms. The fraction of sp³-hybridized carbons (Fsp3) is 0.727. The molecule has 0 saturated carbocycles. The lowest BCUT2D eigenvalue weighted by molar-refractivity contribution is 0.0999. The maximum absolute atomic E-state index is 11.4. The molecule has 0 atom stereocenters. The van der Waals surface area contributed by atoms with Crippen molar-refractivity contribution in [3.63, 3.8) is 0 Å². The van der Waals surface area contributed by atoms with Gasteiger partial charge in [-0.1, -0.05) is 90.4 Å². The van der Waals surface area contributed by atoms with E-state index >= 15 is 0 Å². The molecule has 0 bridgehead atoms. The molecule has 1 heterocycles. The van der Waals surface area contributed by atoms with E-state index in [0.29, 0.717) is 5.56 Å². The summed E-state index contributed by atoms with van der Waals surface area (Å²) in [6, 6.07) is 3.54. The van der Waals surface area contributed by atoms with Gasteiger partial charge in [0.1, 0.15) is 0 Å². The van der Waals surface area contributed by atoms with Crippen LogP contribution in [-0.2, 0) is 6.42 Å². The van der Waals surface area contributed by atoms with Crippen LogP contribution in [0, 0.1) is 0 Å². The second kappa shape index (κ2) is 14.9. The number of hydrogen-bond donors (Lipinski definition) is 1. The van der Waals surface area contributed by atoms with Gasteiger partial charge in [-0.2, -0.15) is 0 Å². The minimum atomic E-state index is -0.367. The van der Waals surface area contributed by atoms with Crippen molar-refractivity contribution in [2.45, 2.75) is 103 Å². The molecule has 0 aliphatic carbocycles. The summed E-state index contributed by atoms with van der Waals surface area (Å²) in [6.45, 7) is 2.27. The topological polar surface area (TPSA) is 56.0 Å². The van der Waals surface area contributed by atoms with Crippen molar-refractivity contribution in [1.82, 2.24) is 4.98 Å². The molecule has 0 aliphatic heterocycles. The second-order valence-electron chi connectivity index (χ2n) is 7.21. The summed E-state index contributed by atoms with van der Waals surface area (Å²) >= 11 is 0. The third-order valence-corrected chi connectivity index (χ3v) is 4.92. The first-order valence-corrected chi connectivity index (χ1v) is 10.5. The van der Waals surface area contributed by atoms with Crippen molar-refractivity contribution in [2.24, 2.45) is 5.73 Å². The van der Waals surface area contributed by atoms with E-state index in [9.17, 15) is 4.79 Å². The number of unbranched alkanes of at least 4 members (excludes halogenated alkanes) is 13. The fourth-order valence-corrected chi connectivity index (χ4v) is 3.35. The van der Waals surface area contributed by atoms with Gasteiger partial charge in [-0.05, 0) is 25.0 Å². The van der Waals surface area contributed by atoms with Crippen LogP contribution < -0.4 is 5.73 Å². The lowest BCUT2D eigenvalue weighted by atomic mass is 10.0. The molecule has 1 aromatic rings. The van der Waals surface area contributed by atoms with Gasteiger partial charge in [0.05, 0.1) is 11.3 Å². The Kier molecular flexibility index (Phi) is 12.9. The van der Waals surface area contributed by atoms with Gasteiger partial charge >= 0.3 is 0 Å². The number of aryl methyl sites for hydroxylation is 1. The molecule has 0 aromatic carbocycles. The molecule has 0 spiro atoms. The van der Waals surface area contributed by atoms with E-state index in [4.69, 9.17) is 5.73 Å². The number of aromatic nitrogens is 1. The second-order valence-corrected chi connectivity index (χ2v) is 7.21. The molecule has 1 aromatic heterocycles. The van der Waals surface area contributed by atoms with Crippen molar-refractivity contribution in [3.8, 4) is 0 Å². The van der Waals surface area contributed by atoms with Crippen molar-refractivity contribution in [1.29, 1.82) is 0 Å². The average Bonchev–Trinajstić information content (AvgIpc) is 2.62. The highest BCUT2D eigenvalue weighted by atomic mass is 16.1. The van der Waals surface area contributed by atoms with Crippen LogP contribution in [-0.4, -0.2) is 10.9 Å². The van der Waals surface area contributed by atoms with E-state index in [0.717, 1.165) is 18.5 Å². The molecule has 0 fully saturated rings. The van der Waals surface area contributed by atoms with Gasteiger partial charge in [-0.3, -0.25) is 9.78 Å². The Balaban J connectivity index is 1.90. The third kappa shape index (κ3) is 11.0. The predicted octanol–water partition coefficient (Wildman–Crippen LogP) is 6.20. The molecule has 1 amide bonds. The van der Waals surface area contributed by atoms with Crippen molar-refractivity contribution < 1.29 is 4.79 Å². The largest absolute Gasteiger partial charge is 0.366 e. The highest BCUT2D eigenvalue weighted by Crippen LogP contribution is 2.14. The van der Waals surface area contributed by atoms with Gasteiger partial charge in [0.25, 0.3) is 5.91 Å². The SMILES string of the molecule is CCCCCCCCCCCCCCCCc1ncccc1C(N)=O. The average molecular weight is 347 g/mol. The van der Waals surface area contributed by atoms with Crippen molar-refractivity contribution >= 4 is 5.91 Å². The zero-order valence-corrected chi connectivity index (χ0v) is 16.3. The molecule has 2 N–H and O–H groups in total. The minimum absolute atomic E-state index is 0.367. The number of hydrogen-bond acceptors (Lipinski definition) is 2. The highest BCUT2D eigenvalue weighted by molar-refractivity contribution is 5.93. The van der Waals surface area contributed by atoms with E-state index in [1.54, 1.807) is 18.3 Å². The monoisotopic (exact) mass is 346 g/mol. The van der Waals surface area contributed by atoms with Crippen LogP contribution in [0.4, 0.5) is 0 Å². The molecule has 142 valence electrons. The van der Waals surface area contributed by atoms with Crippen LogP contribution in [0.15, 0.2) is 18.3 Å². The van der Waals surface area contributed by atoms with E-state index in [-0.39, 0.29) is 5.91 Å². The van der Waals surface area contributed by atoms with Crippen LogP contribution in [0.2, 0.25) is 0 Å². The first-order chi connectivity index (χ1) is 12.3. The normalized spacial score (nSPS) is 10.9. The number of primary amides is 1. The van der Waals surface area contributed by atoms with Crippen LogP contribution in [0.5, 0.6) is 0 Å². The minimum Gasteiger partial charge on any atom is -0.366 e. The van der Waals surface area contributed by atoms with Gasteiger partial charge < -0.3 is 5.73 Å². The van der Waals surface area contributed by atoms with E-state index in [1.807, 2.05) is 0 Å². The molecule has 25 heavy (non-hydrogen) atoms. The number of carbonyl (C=O) groups is 1. The molecular formula is C22H38N2O. The summed E-state index contributed by atoms with van der Waals surface area (Å²) in [5.41, 5.74) is 6.82. The van der Waals surface area contributed by atoms with Crippen molar-refractivity contribution in [2.75, 3.05) is 0 Å². The lowest BCUT2D eigenvalue weighted by Gasteiger charge is -2.05. The number of rotatable bonds is 16. The zero-order valence-electron chi connectivity index (χ0n) is 16.3. The van der Waals surface area contributed by atoms with Crippen molar-refractivity contribution in [3.05, 3.63) is 29.6 Å². The number of amides is 1. The smallest absolute Gasteiger partial charge is 0.250 e. The quantitative estimate of drug-likeness (QED) is 0.362. The summed E-state index contributed by atoms with van der Waals surface area (Å²) in [5, 5.41) is 0. The molecule has 0 radical (unpaired) electrons. The summed E-state index contributed by atoms with van der Waals surface area (Å²) in [7, 11) is 0. The summed E-state index contributed by atoms with van der Waals surface area (Å²) < 4.78 is 0. The Hall–Kier alpha value is -1.38. The molecule has 1 rings (SSSR count). The van der Waals surface area contributed by atoms with Crippen LogP contribution in [0.3, 0.4) is 0 Å². The molecule has 0 aliphatic rings. The molecule has 0 unspecified atom stereocenters. The summed E-state index contributed by atoms with van der Waals surface area (Å²) in [6.07, 6.45) is 21.6. The summed E-state index contributed by atoms with van der Waals surface area (Å²) in [4.78, 5) is 15.6. The lowest BCUT2D eigenvalue weighted by Crippen LogP contribution is -2.14. The first-order valence-electron chi connectivity index (χ1n) is 10.5. The highest BCUT2D eigenvalue weighted by Gasteiger charge is 2.07. The Morgan fingerprint density at radius 2 is 1.32 bits per heavy atom. The van der Waals surface area contributed by atoms with Crippen LogP contribution in [0.25, 0.3) is 0 Å².